The number of amides is 3. The molecule has 1 unspecified atom stereocenters. The molecule has 3 aromatic rings. The second-order valence-corrected chi connectivity index (χ2v) is 7.94. The van der Waals surface area contributed by atoms with Crippen molar-refractivity contribution in [2.75, 3.05) is 17.8 Å². The highest BCUT2D eigenvalue weighted by atomic mass is 16.7. The number of hydrogen-bond donors (Lipinski definition) is 3. The second kappa shape index (κ2) is 7.62. The summed E-state index contributed by atoms with van der Waals surface area (Å²) in [4.78, 5) is 39.6. The number of urea groups is 1. The standard InChI is InChI=1S/C22H21N7O4/c1-12-3-6-14(7-4-12)24-20-26-17(25-19(23)27-20)10-29-18(30)22(2,28-21(29)31)13-5-8-15-16(9-13)33-11-32-15/h3-9H,10-11H2,1-2H3,(H,28,31)(H3,23,24,25,26,27). The van der Waals surface area contributed by atoms with Gasteiger partial charge in [-0.1, -0.05) is 23.8 Å². The molecule has 0 radical (unpaired) electrons. The predicted molar refractivity (Wildman–Crippen MR) is 118 cm³/mol. The molecule has 1 aromatic heterocycles. The number of nitrogens with one attached hydrogen (secondary N) is 2. The van der Waals surface area contributed by atoms with Crippen LogP contribution in [-0.4, -0.2) is 38.6 Å². The van der Waals surface area contributed by atoms with Gasteiger partial charge in [0.05, 0.1) is 6.54 Å². The number of rotatable bonds is 5. The SMILES string of the molecule is Cc1ccc(Nc2nc(N)nc(CN3C(=O)NC(C)(c4ccc5c(c4)OCO5)C3=O)n2)cc1. The van der Waals surface area contributed by atoms with Crippen LogP contribution in [0.3, 0.4) is 0 Å². The first-order valence-corrected chi connectivity index (χ1v) is 10.2. The van der Waals surface area contributed by atoms with Crippen LogP contribution in [0.1, 0.15) is 23.9 Å². The molecule has 5 rings (SSSR count). The van der Waals surface area contributed by atoms with Gasteiger partial charge in [-0.3, -0.25) is 9.69 Å². The minimum Gasteiger partial charge on any atom is -0.454 e. The Morgan fingerprint density at radius 3 is 2.64 bits per heavy atom. The van der Waals surface area contributed by atoms with Crippen molar-refractivity contribution in [1.82, 2.24) is 25.2 Å². The number of imide groups is 1. The normalized spacial score (nSPS) is 19.0. The summed E-state index contributed by atoms with van der Waals surface area (Å²) < 4.78 is 10.7. The van der Waals surface area contributed by atoms with E-state index in [1.165, 1.54) is 0 Å². The largest absolute Gasteiger partial charge is 0.454 e. The number of nitrogens with zero attached hydrogens (tertiary/aromatic N) is 4. The zero-order chi connectivity index (χ0) is 23.2. The van der Waals surface area contributed by atoms with Gasteiger partial charge in [0.25, 0.3) is 5.91 Å². The van der Waals surface area contributed by atoms with E-state index in [2.05, 4.69) is 25.6 Å². The summed E-state index contributed by atoms with van der Waals surface area (Å²) in [5.74, 6) is 1.03. The van der Waals surface area contributed by atoms with Gasteiger partial charge < -0.3 is 25.8 Å². The molecule has 11 heteroatoms. The topological polar surface area (TPSA) is 145 Å². The van der Waals surface area contributed by atoms with Crippen molar-refractivity contribution in [3.63, 3.8) is 0 Å². The molecule has 0 aliphatic carbocycles. The number of carbonyl (C=O) groups excluding carboxylic acids is 2. The number of nitrogens with two attached hydrogens (primary N) is 1. The molecular formula is C22H21N7O4. The van der Waals surface area contributed by atoms with Crippen LogP contribution in [0.4, 0.5) is 22.4 Å². The summed E-state index contributed by atoms with van der Waals surface area (Å²) in [6.45, 7) is 3.57. The van der Waals surface area contributed by atoms with E-state index in [1.54, 1.807) is 25.1 Å². The summed E-state index contributed by atoms with van der Waals surface area (Å²) in [5.41, 5.74) is 7.02. The number of hydrogen-bond acceptors (Lipinski definition) is 9. The van der Waals surface area contributed by atoms with E-state index in [9.17, 15) is 9.59 Å². The van der Waals surface area contributed by atoms with Crippen molar-refractivity contribution in [2.45, 2.75) is 25.9 Å². The minimum absolute atomic E-state index is 0.0276. The van der Waals surface area contributed by atoms with Crippen LogP contribution in [-0.2, 0) is 16.9 Å². The zero-order valence-electron chi connectivity index (χ0n) is 18.0. The molecular weight excluding hydrogens is 426 g/mol. The third-order valence-corrected chi connectivity index (χ3v) is 5.53. The van der Waals surface area contributed by atoms with Gasteiger partial charge in [-0.05, 0) is 43.7 Å². The molecule has 168 valence electrons. The van der Waals surface area contributed by atoms with Crippen molar-refractivity contribution < 1.29 is 19.1 Å². The lowest BCUT2D eigenvalue weighted by Crippen LogP contribution is -2.40. The Balaban J connectivity index is 1.38. The molecule has 2 aliphatic heterocycles. The van der Waals surface area contributed by atoms with Crippen LogP contribution in [0.2, 0.25) is 0 Å². The molecule has 1 saturated heterocycles. The highest BCUT2D eigenvalue weighted by Crippen LogP contribution is 2.38. The van der Waals surface area contributed by atoms with Crippen molar-refractivity contribution in [1.29, 1.82) is 0 Å². The highest BCUT2D eigenvalue weighted by molar-refractivity contribution is 6.07. The van der Waals surface area contributed by atoms with Crippen LogP contribution in [0.15, 0.2) is 42.5 Å². The maximum atomic E-state index is 13.3. The fourth-order valence-electron chi connectivity index (χ4n) is 3.72. The van der Waals surface area contributed by atoms with Crippen molar-refractivity contribution in [3.05, 3.63) is 59.4 Å². The zero-order valence-corrected chi connectivity index (χ0v) is 18.0. The number of aromatic nitrogens is 3. The fraction of sp³-hybridized carbons (Fsp3) is 0.227. The van der Waals surface area contributed by atoms with E-state index in [-0.39, 0.29) is 31.1 Å². The Bertz CT molecular complexity index is 1260. The molecule has 4 N–H and O–H groups in total. The molecule has 3 amide bonds. The third kappa shape index (κ3) is 3.73. The van der Waals surface area contributed by atoms with Gasteiger partial charge in [-0.25, -0.2) is 4.79 Å². The smallest absolute Gasteiger partial charge is 0.325 e. The molecule has 0 spiro atoms. The Kier molecular flexibility index (Phi) is 4.73. The fourth-order valence-corrected chi connectivity index (χ4v) is 3.72. The maximum Gasteiger partial charge on any atom is 0.325 e. The van der Waals surface area contributed by atoms with Gasteiger partial charge in [0, 0.05) is 5.69 Å². The molecule has 2 aliphatic rings. The molecule has 3 heterocycles. The summed E-state index contributed by atoms with van der Waals surface area (Å²) in [6.07, 6.45) is 0. The van der Waals surface area contributed by atoms with Gasteiger partial charge in [-0.2, -0.15) is 15.0 Å². The molecule has 11 nitrogen and oxygen atoms in total. The van der Waals surface area contributed by atoms with Crippen LogP contribution in [0.5, 0.6) is 11.5 Å². The highest BCUT2D eigenvalue weighted by Gasteiger charge is 2.49. The number of nitrogen functional groups attached to an aromatic ring is 1. The third-order valence-electron chi connectivity index (χ3n) is 5.53. The van der Waals surface area contributed by atoms with Crippen molar-refractivity contribution in [3.8, 4) is 11.5 Å². The van der Waals surface area contributed by atoms with Gasteiger partial charge in [0.1, 0.15) is 5.54 Å². The summed E-state index contributed by atoms with van der Waals surface area (Å²) in [5, 5.41) is 5.81. The summed E-state index contributed by atoms with van der Waals surface area (Å²) in [7, 11) is 0. The van der Waals surface area contributed by atoms with E-state index in [0.717, 1.165) is 16.2 Å². The molecule has 1 fully saturated rings. The molecule has 33 heavy (non-hydrogen) atoms. The Hall–Kier alpha value is -4.41. The van der Waals surface area contributed by atoms with E-state index in [4.69, 9.17) is 15.2 Å². The Morgan fingerprint density at radius 1 is 1.09 bits per heavy atom. The monoisotopic (exact) mass is 447 g/mol. The first-order chi connectivity index (χ1) is 15.8. The number of aryl methyl sites for hydroxylation is 1. The Morgan fingerprint density at radius 2 is 1.85 bits per heavy atom. The minimum atomic E-state index is -1.28. The van der Waals surface area contributed by atoms with Crippen molar-refractivity contribution in [2.24, 2.45) is 0 Å². The van der Waals surface area contributed by atoms with Gasteiger partial charge >= 0.3 is 6.03 Å². The van der Waals surface area contributed by atoms with Gasteiger partial charge in [-0.15, -0.1) is 0 Å². The predicted octanol–water partition coefficient (Wildman–Crippen LogP) is 2.20. The lowest BCUT2D eigenvalue weighted by molar-refractivity contribution is -0.131. The van der Waals surface area contributed by atoms with Crippen LogP contribution in [0, 0.1) is 6.92 Å². The van der Waals surface area contributed by atoms with E-state index < -0.39 is 17.5 Å². The summed E-state index contributed by atoms with van der Waals surface area (Å²) in [6, 6.07) is 12.2. The Labute approximate surface area is 188 Å². The summed E-state index contributed by atoms with van der Waals surface area (Å²) >= 11 is 0. The first-order valence-electron chi connectivity index (χ1n) is 10.2. The first kappa shape index (κ1) is 20.5. The van der Waals surface area contributed by atoms with E-state index in [1.807, 2.05) is 31.2 Å². The van der Waals surface area contributed by atoms with Crippen LogP contribution in [0.25, 0.3) is 0 Å². The number of ether oxygens (including phenoxy) is 2. The number of anilines is 3. The van der Waals surface area contributed by atoms with Crippen LogP contribution >= 0.6 is 0 Å². The van der Waals surface area contributed by atoms with Crippen molar-refractivity contribution >= 4 is 29.5 Å². The number of carbonyl (C=O) groups is 2. The number of fused-ring (bicyclic) bond motifs is 1. The maximum absolute atomic E-state index is 13.3. The van der Waals surface area contributed by atoms with E-state index in [0.29, 0.717) is 17.1 Å². The molecule has 0 saturated carbocycles. The molecule has 0 bridgehead atoms. The van der Waals surface area contributed by atoms with E-state index >= 15 is 0 Å². The van der Waals surface area contributed by atoms with Gasteiger partial charge in [0.2, 0.25) is 18.7 Å². The van der Waals surface area contributed by atoms with Crippen LogP contribution < -0.4 is 25.8 Å². The number of benzene rings is 2. The lowest BCUT2D eigenvalue weighted by atomic mass is 9.91. The average molecular weight is 447 g/mol. The quantitative estimate of drug-likeness (QED) is 0.501. The van der Waals surface area contributed by atoms with Gasteiger partial charge in [0.15, 0.2) is 17.3 Å². The molecule has 1 atom stereocenters. The second-order valence-electron chi connectivity index (χ2n) is 7.94. The molecule has 2 aromatic carbocycles. The average Bonchev–Trinajstić information content (AvgIpc) is 3.33. The lowest BCUT2D eigenvalue weighted by Gasteiger charge is -2.22.